The largest absolute Gasteiger partial charge is 0.493 e. The minimum Gasteiger partial charge on any atom is -0.493 e. The van der Waals surface area contributed by atoms with Crippen LogP contribution in [0.2, 0.25) is 0 Å². The van der Waals surface area contributed by atoms with Crippen LogP contribution in [0, 0.1) is 11.8 Å². The number of hydrogen-bond donors (Lipinski definition) is 2. The number of aliphatic carboxylic acids is 1. The van der Waals surface area contributed by atoms with Crippen molar-refractivity contribution in [3.8, 4) is 5.75 Å². The van der Waals surface area contributed by atoms with Gasteiger partial charge in [0.15, 0.2) is 0 Å². The van der Waals surface area contributed by atoms with Crippen molar-refractivity contribution in [1.82, 2.24) is 5.32 Å². The van der Waals surface area contributed by atoms with Gasteiger partial charge >= 0.3 is 5.97 Å². The number of aryl methyl sites for hydroxylation is 1. The van der Waals surface area contributed by atoms with Crippen LogP contribution in [0.3, 0.4) is 0 Å². The Kier molecular flexibility index (Phi) is 4.55. The molecule has 1 aliphatic heterocycles. The molecule has 3 atom stereocenters. The maximum Gasteiger partial charge on any atom is 0.306 e. The molecule has 1 heterocycles. The maximum absolute atomic E-state index is 12.5. The van der Waals surface area contributed by atoms with Crippen molar-refractivity contribution in [1.29, 1.82) is 0 Å². The van der Waals surface area contributed by atoms with Crippen molar-refractivity contribution in [2.75, 3.05) is 6.61 Å². The van der Waals surface area contributed by atoms with E-state index < -0.39 is 5.97 Å². The molecule has 0 spiro atoms. The smallest absolute Gasteiger partial charge is 0.306 e. The molecule has 2 N–H and O–H groups in total. The topological polar surface area (TPSA) is 75.6 Å². The van der Waals surface area contributed by atoms with Gasteiger partial charge in [-0.1, -0.05) is 25.1 Å². The number of fused-ring (bicyclic) bond motifs is 1. The van der Waals surface area contributed by atoms with Gasteiger partial charge in [-0.25, -0.2) is 0 Å². The molecule has 1 aromatic carbocycles. The molecule has 1 saturated carbocycles. The van der Waals surface area contributed by atoms with Crippen LogP contribution in [-0.4, -0.2) is 23.6 Å². The van der Waals surface area contributed by atoms with E-state index in [9.17, 15) is 9.59 Å². The molecule has 0 radical (unpaired) electrons. The van der Waals surface area contributed by atoms with Crippen molar-refractivity contribution in [2.45, 2.75) is 45.1 Å². The van der Waals surface area contributed by atoms with E-state index in [-0.39, 0.29) is 23.8 Å². The van der Waals surface area contributed by atoms with Crippen LogP contribution in [0.25, 0.3) is 0 Å². The monoisotopic (exact) mass is 317 g/mol. The molecule has 5 heteroatoms. The van der Waals surface area contributed by atoms with Gasteiger partial charge in [0.05, 0.1) is 18.6 Å². The lowest BCUT2D eigenvalue weighted by molar-refractivity contribution is -0.141. The molecular formula is C18H23NO4. The van der Waals surface area contributed by atoms with Crippen LogP contribution in [-0.2, 0) is 16.0 Å². The minimum atomic E-state index is -0.788. The second-order valence-electron chi connectivity index (χ2n) is 6.43. The highest BCUT2D eigenvalue weighted by molar-refractivity contribution is 5.81. The first-order valence-electron chi connectivity index (χ1n) is 8.38. The second-order valence-corrected chi connectivity index (χ2v) is 6.43. The first-order valence-corrected chi connectivity index (χ1v) is 8.38. The number of ether oxygens (including phenoxy) is 1. The molecule has 2 aliphatic rings. The Labute approximate surface area is 136 Å². The fourth-order valence-electron chi connectivity index (χ4n) is 3.65. The Morgan fingerprint density at radius 1 is 1.26 bits per heavy atom. The Morgan fingerprint density at radius 2 is 2.04 bits per heavy atom. The third-order valence-corrected chi connectivity index (χ3v) is 5.01. The Morgan fingerprint density at radius 3 is 2.74 bits per heavy atom. The van der Waals surface area contributed by atoms with Gasteiger partial charge in [-0.05, 0) is 31.2 Å². The van der Waals surface area contributed by atoms with E-state index in [1.165, 1.54) is 0 Å². The van der Waals surface area contributed by atoms with E-state index in [1.807, 2.05) is 12.1 Å². The molecule has 1 aromatic rings. The maximum atomic E-state index is 12.5. The molecule has 1 fully saturated rings. The van der Waals surface area contributed by atoms with Gasteiger partial charge < -0.3 is 15.2 Å². The van der Waals surface area contributed by atoms with Gasteiger partial charge in [-0.2, -0.15) is 0 Å². The van der Waals surface area contributed by atoms with Crippen LogP contribution in [0.1, 0.15) is 49.8 Å². The summed E-state index contributed by atoms with van der Waals surface area (Å²) in [7, 11) is 0. The zero-order chi connectivity index (χ0) is 16.4. The summed E-state index contributed by atoms with van der Waals surface area (Å²) in [5.41, 5.74) is 2.20. The van der Waals surface area contributed by atoms with Crippen LogP contribution in [0.5, 0.6) is 5.75 Å². The zero-order valence-corrected chi connectivity index (χ0v) is 13.4. The van der Waals surface area contributed by atoms with Crippen molar-refractivity contribution >= 4 is 11.9 Å². The summed E-state index contributed by atoms with van der Waals surface area (Å²) in [6, 6.07) is 6.02. The number of para-hydroxylation sites is 1. The van der Waals surface area contributed by atoms with Gasteiger partial charge in [-0.3, -0.25) is 9.59 Å². The molecule has 0 aromatic heterocycles. The predicted molar refractivity (Wildman–Crippen MR) is 85.3 cm³/mol. The summed E-state index contributed by atoms with van der Waals surface area (Å²) >= 11 is 0. The van der Waals surface area contributed by atoms with E-state index in [0.717, 1.165) is 29.7 Å². The lowest BCUT2D eigenvalue weighted by atomic mass is 9.95. The number of rotatable bonds is 4. The molecule has 1 aliphatic carbocycles. The molecule has 0 saturated heterocycles. The molecule has 5 nitrogen and oxygen atoms in total. The molecule has 23 heavy (non-hydrogen) atoms. The summed E-state index contributed by atoms with van der Waals surface area (Å²) in [6.07, 6.45) is 3.35. The van der Waals surface area contributed by atoms with E-state index in [1.54, 1.807) is 0 Å². The lowest BCUT2D eigenvalue weighted by Crippen LogP contribution is -2.36. The number of hydrogen-bond acceptors (Lipinski definition) is 3. The molecule has 3 rings (SSSR count). The van der Waals surface area contributed by atoms with E-state index >= 15 is 0 Å². The summed E-state index contributed by atoms with van der Waals surface area (Å²) in [5, 5.41) is 12.2. The third kappa shape index (κ3) is 3.19. The SMILES string of the molecule is CCc1cccc2c1OCCC2NC(=O)[C@@H]1CC[C@H](C(=O)O)C1. The fourth-order valence-corrected chi connectivity index (χ4v) is 3.65. The van der Waals surface area contributed by atoms with Gasteiger partial charge in [0.1, 0.15) is 5.75 Å². The molecule has 124 valence electrons. The van der Waals surface area contributed by atoms with E-state index in [0.29, 0.717) is 25.9 Å². The number of carboxylic acid groups (broad SMARTS) is 1. The lowest BCUT2D eigenvalue weighted by Gasteiger charge is -2.29. The Bertz CT molecular complexity index is 613. The van der Waals surface area contributed by atoms with Crippen LogP contribution in [0.15, 0.2) is 18.2 Å². The Hall–Kier alpha value is -2.04. The van der Waals surface area contributed by atoms with Gasteiger partial charge in [0, 0.05) is 17.9 Å². The van der Waals surface area contributed by atoms with Crippen molar-refractivity contribution in [3.05, 3.63) is 29.3 Å². The normalized spacial score (nSPS) is 26.2. The zero-order valence-electron chi connectivity index (χ0n) is 13.4. The standard InChI is InChI=1S/C18H23NO4/c1-2-11-4-3-5-14-15(8-9-23-16(11)14)19-17(20)12-6-7-13(10-12)18(21)22/h3-5,12-13,15H,2,6-10H2,1H3,(H,19,20)(H,21,22)/t12-,13+,15?/m1/s1. The highest BCUT2D eigenvalue weighted by Crippen LogP contribution is 2.36. The van der Waals surface area contributed by atoms with Gasteiger partial charge in [-0.15, -0.1) is 0 Å². The van der Waals surface area contributed by atoms with E-state index in [2.05, 4.69) is 18.3 Å². The van der Waals surface area contributed by atoms with Crippen LogP contribution in [0.4, 0.5) is 0 Å². The van der Waals surface area contributed by atoms with Crippen LogP contribution >= 0.6 is 0 Å². The number of nitrogens with one attached hydrogen (secondary N) is 1. The number of carboxylic acids is 1. The quantitative estimate of drug-likeness (QED) is 0.895. The first kappa shape index (κ1) is 15.8. The summed E-state index contributed by atoms with van der Waals surface area (Å²) in [4.78, 5) is 23.5. The Balaban J connectivity index is 1.70. The molecule has 0 bridgehead atoms. The molecule has 1 amide bonds. The summed E-state index contributed by atoms with van der Waals surface area (Å²) in [5.74, 6) is -0.463. The number of carbonyl (C=O) groups is 2. The number of amides is 1. The predicted octanol–water partition coefficient (Wildman–Crippen LogP) is 2.69. The highest BCUT2D eigenvalue weighted by Gasteiger charge is 2.35. The summed E-state index contributed by atoms with van der Waals surface area (Å²) < 4.78 is 5.80. The first-order chi connectivity index (χ1) is 11.1. The van der Waals surface area contributed by atoms with E-state index in [4.69, 9.17) is 9.84 Å². The number of carbonyl (C=O) groups excluding carboxylic acids is 1. The van der Waals surface area contributed by atoms with Crippen molar-refractivity contribution < 1.29 is 19.4 Å². The van der Waals surface area contributed by atoms with Crippen LogP contribution < -0.4 is 10.1 Å². The van der Waals surface area contributed by atoms with Gasteiger partial charge in [0.25, 0.3) is 0 Å². The molecular weight excluding hydrogens is 294 g/mol. The second kappa shape index (κ2) is 6.60. The molecule has 1 unspecified atom stereocenters. The average molecular weight is 317 g/mol. The summed E-state index contributed by atoms with van der Waals surface area (Å²) in [6.45, 7) is 2.68. The average Bonchev–Trinajstić information content (AvgIpc) is 3.05. The third-order valence-electron chi connectivity index (χ3n) is 5.01. The number of benzene rings is 1. The minimum absolute atomic E-state index is 0.0199. The highest BCUT2D eigenvalue weighted by atomic mass is 16.5. The van der Waals surface area contributed by atoms with Crippen molar-refractivity contribution in [2.24, 2.45) is 11.8 Å². The van der Waals surface area contributed by atoms with Gasteiger partial charge in [0.2, 0.25) is 5.91 Å². The van der Waals surface area contributed by atoms with Crippen molar-refractivity contribution in [3.63, 3.8) is 0 Å². The fraction of sp³-hybridized carbons (Fsp3) is 0.556.